The van der Waals surface area contributed by atoms with E-state index < -0.39 is 39.4 Å². The van der Waals surface area contributed by atoms with Crippen LogP contribution in [0.3, 0.4) is 0 Å². The van der Waals surface area contributed by atoms with E-state index in [1.165, 1.54) is 0 Å². The number of aromatic nitrogens is 3. The summed E-state index contributed by atoms with van der Waals surface area (Å²) in [5.74, 6) is -1.22. The van der Waals surface area contributed by atoms with Crippen LogP contribution in [0.5, 0.6) is 0 Å². The van der Waals surface area contributed by atoms with Crippen molar-refractivity contribution in [2.45, 2.75) is 42.8 Å². The Kier molecular flexibility index (Phi) is 4.86. The predicted octanol–water partition coefficient (Wildman–Crippen LogP) is -0.0692. The van der Waals surface area contributed by atoms with Gasteiger partial charge in [-0.25, -0.2) is 0 Å². The second-order valence-corrected chi connectivity index (χ2v) is 7.79. The van der Waals surface area contributed by atoms with Crippen LogP contribution in [0.1, 0.15) is 26.0 Å². The molecule has 136 valence electrons. The Labute approximate surface area is 148 Å². The van der Waals surface area contributed by atoms with Gasteiger partial charge in [-0.3, -0.25) is 23.9 Å². The first-order valence-corrected chi connectivity index (χ1v) is 9.19. The number of hydrogen-bond acceptors (Lipinski definition) is 9. The van der Waals surface area contributed by atoms with E-state index in [-0.39, 0.29) is 22.7 Å². The molecule has 0 spiro atoms. The number of carboxylic acids is 1. The molecule has 2 aromatic heterocycles. The highest BCUT2D eigenvalue weighted by Crippen LogP contribution is 2.43. The summed E-state index contributed by atoms with van der Waals surface area (Å²) in [6, 6.07) is 0. The van der Waals surface area contributed by atoms with E-state index in [9.17, 15) is 19.5 Å². The number of aliphatic hydroxyl groups excluding tert-OH is 1. The van der Waals surface area contributed by atoms with Crippen molar-refractivity contribution >= 4 is 45.4 Å². The van der Waals surface area contributed by atoms with Crippen LogP contribution in [0.25, 0.3) is 10.3 Å². The van der Waals surface area contributed by atoms with Gasteiger partial charge in [0.05, 0.1) is 17.8 Å². The Bertz CT molecular complexity index is 921. The van der Waals surface area contributed by atoms with Crippen molar-refractivity contribution in [2.75, 3.05) is 5.73 Å². The molecule has 5 N–H and O–H groups in total. The first-order chi connectivity index (χ1) is 11.8. The van der Waals surface area contributed by atoms with Crippen LogP contribution in [-0.2, 0) is 9.53 Å². The molecular weight excluding hydrogens is 372 g/mol. The fraction of sp³-hybridized carbons (Fsp3) is 0.538. The average molecular weight is 388 g/mol. The molecule has 4 atom stereocenters. The summed E-state index contributed by atoms with van der Waals surface area (Å²) in [6.45, 7) is 1.77. The summed E-state index contributed by atoms with van der Waals surface area (Å²) in [6.07, 6.45) is -1.64. The molecular formula is C13H16N4O6S2. The third kappa shape index (κ3) is 3.29. The first-order valence-electron chi connectivity index (χ1n) is 7.43. The van der Waals surface area contributed by atoms with Crippen molar-refractivity contribution in [3.8, 4) is 0 Å². The summed E-state index contributed by atoms with van der Waals surface area (Å²) in [5, 5.41) is 18.5. The Morgan fingerprint density at radius 2 is 2.24 bits per heavy atom. The van der Waals surface area contributed by atoms with Gasteiger partial charge >= 0.3 is 10.8 Å². The van der Waals surface area contributed by atoms with Crippen LogP contribution in [0.15, 0.2) is 9.59 Å². The van der Waals surface area contributed by atoms with Gasteiger partial charge in [0.1, 0.15) is 10.1 Å². The number of nitrogens with two attached hydrogens (primary N) is 1. The van der Waals surface area contributed by atoms with Crippen molar-refractivity contribution in [2.24, 2.45) is 0 Å². The number of carboxylic acid groups (broad SMARTS) is 1. The maximum Gasteiger partial charge on any atom is 0.311 e. The molecule has 1 aliphatic heterocycles. The molecule has 1 fully saturated rings. The molecule has 1 saturated heterocycles. The van der Waals surface area contributed by atoms with E-state index in [2.05, 4.69) is 9.97 Å². The number of aromatic amines is 1. The number of ether oxygens (including phenoxy) is 1. The molecule has 0 radical (unpaired) electrons. The smallest absolute Gasteiger partial charge is 0.311 e. The number of fused-ring (bicyclic) bond motifs is 1. The van der Waals surface area contributed by atoms with Gasteiger partial charge in [-0.15, -0.1) is 11.8 Å². The second kappa shape index (κ2) is 6.78. The Morgan fingerprint density at radius 3 is 2.88 bits per heavy atom. The second-order valence-electron chi connectivity index (χ2n) is 5.48. The predicted molar refractivity (Wildman–Crippen MR) is 92.8 cm³/mol. The molecule has 1 aliphatic rings. The monoisotopic (exact) mass is 388 g/mol. The van der Waals surface area contributed by atoms with Crippen molar-refractivity contribution < 1.29 is 19.7 Å². The Morgan fingerprint density at radius 1 is 1.52 bits per heavy atom. The van der Waals surface area contributed by atoms with Crippen LogP contribution in [0, 0.1) is 0 Å². The van der Waals surface area contributed by atoms with Crippen LogP contribution in [0.4, 0.5) is 5.95 Å². The molecule has 3 rings (SSSR count). The van der Waals surface area contributed by atoms with Gasteiger partial charge < -0.3 is 20.7 Å². The highest BCUT2D eigenvalue weighted by atomic mass is 32.2. The molecule has 0 amide bonds. The lowest BCUT2D eigenvalue weighted by atomic mass is 10.2. The molecule has 2 aromatic rings. The van der Waals surface area contributed by atoms with Gasteiger partial charge in [0.15, 0.2) is 11.9 Å². The number of thioether (sulfide) groups is 1. The lowest BCUT2D eigenvalue weighted by Crippen LogP contribution is -2.29. The zero-order valence-electron chi connectivity index (χ0n) is 13.0. The summed E-state index contributed by atoms with van der Waals surface area (Å²) in [7, 11) is 0. The van der Waals surface area contributed by atoms with Crippen molar-refractivity contribution in [3.63, 3.8) is 0 Å². The van der Waals surface area contributed by atoms with E-state index in [4.69, 9.17) is 15.6 Å². The van der Waals surface area contributed by atoms with E-state index in [0.29, 0.717) is 17.8 Å². The topological polar surface area (TPSA) is 161 Å². The lowest BCUT2D eigenvalue weighted by molar-refractivity contribution is -0.138. The Balaban J connectivity index is 2.10. The number of nitrogens with one attached hydrogen (secondary N) is 1. The molecule has 10 nitrogen and oxygen atoms in total. The fourth-order valence-corrected chi connectivity index (χ4v) is 4.89. The number of aliphatic carboxylic acids is 1. The van der Waals surface area contributed by atoms with Crippen LogP contribution < -0.4 is 16.2 Å². The van der Waals surface area contributed by atoms with E-state index in [1.807, 2.05) is 0 Å². The first kappa shape index (κ1) is 17.9. The lowest BCUT2D eigenvalue weighted by Gasteiger charge is -2.18. The number of thiazole rings is 1. The van der Waals surface area contributed by atoms with E-state index in [1.54, 1.807) is 6.92 Å². The highest BCUT2D eigenvalue weighted by Gasteiger charge is 2.42. The molecule has 3 heterocycles. The zero-order valence-corrected chi connectivity index (χ0v) is 14.7. The molecule has 0 aliphatic carbocycles. The van der Waals surface area contributed by atoms with E-state index >= 15 is 0 Å². The number of rotatable bonds is 5. The quantitative estimate of drug-likeness (QED) is 0.549. The summed E-state index contributed by atoms with van der Waals surface area (Å²) in [4.78, 5) is 41.3. The van der Waals surface area contributed by atoms with Gasteiger partial charge in [0.25, 0.3) is 5.56 Å². The number of H-pyrrole nitrogens is 1. The average Bonchev–Trinajstić information content (AvgIpc) is 3.06. The highest BCUT2D eigenvalue weighted by molar-refractivity contribution is 8.00. The normalized spacial score (nSPS) is 24.6. The maximum atomic E-state index is 12.4. The standard InChI is InChI=1S/C13H16N4O6S2/c1-2-4(18)11-23-10(5(24-11)3-6(19)20)17-8-7(25-13(17)22)9(21)16-12(14)15-8/h4-5,10-11,18H,2-3H2,1H3,(H,19,20)(H3,14,15,16,21)/t4-,5-,10+,11?/m0/s1. The number of nitrogen functional groups attached to an aromatic ring is 1. The third-order valence-electron chi connectivity index (χ3n) is 3.75. The molecule has 25 heavy (non-hydrogen) atoms. The zero-order chi connectivity index (χ0) is 18.3. The summed E-state index contributed by atoms with van der Waals surface area (Å²) in [5.41, 5.74) is 4.37. The third-order valence-corrected chi connectivity index (χ3v) is 6.14. The minimum Gasteiger partial charge on any atom is -0.481 e. The summed E-state index contributed by atoms with van der Waals surface area (Å²) >= 11 is 1.83. The van der Waals surface area contributed by atoms with Crippen LogP contribution >= 0.6 is 23.1 Å². The number of anilines is 1. The van der Waals surface area contributed by atoms with Gasteiger partial charge in [-0.05, 0) is 6.42 Å². The van der Waals surface area contributed by atoms with Gasteiger partial charge in [0, 0.05) is 0 Å². The molecule has 12 heteroatoms. The van der Waals surface area contributed by atoms with Crippen LogP contribution in [-0.4, -0.2) is 47.5 Å². The minimum atomic E-state index is -1.06. The minimum absolute atomic E-state index is 0.0453. The van der Waals surface area contributed by atoms with Crippen LogP contribution in [0.2, 0.25) is 0 Å². The van der Waals surface area contributed by atoms with Gasteiger partial charge in [-0.2, -0.15) is 4.98 Å². The molecule has 1 unspecified atom stereocenters. The number of nitrogens with zero attached hydrogens (tertiary/aromatic N) is 2. The maximum absolute atomic E-state index is 12.4. The SMILES string of the molecule is CC[C@H](O)C1O[C@@H](n2c(=O)sc3c(=O)[nH]c(N)nc32)[C@H](CC(=O)O)S1. The Hall–Kier alpha value is -1.89. The molecule has 0 saturated carbocycles. The van der Waals surface area contributed by atoms with Crippen molar-refractivity contribution in [1.82, 2.24) is 14.5 Å². The molecule has 0 bridgehead atoms. The fourth-order valence-electron chi connectivity index (χ4n) is 2.59. The number of carbonyl (C=O) groups is 1. The van der Waals surface area contributed by atoms with E-state index in [0.717, 1.165) is 16.3 Å². The van der Waals surface area contributed by atoms with Gasteiger partial charge in [-0.1, -0.05) is 18.3 Å². The largest absolute Gasteiger partial charge is 0.481 e. The summed E-state index contributed by atoms with van der Waals surface area (Å²) < 4.78 is 7.00. The molecule has 0 aromatic carbocycles. The van der Waals surface area contributed by atoms with Crippen molar-refractivity contribution in [3.05, 3.63) is 20.0 Å². The van der Waals surface area contributed by atoms with Gasteiger partial charge in [0.2, 0.25) is 5.95 Å². The number of hydrogen-bond donors (Lipinski definition) is 4. The number of aliphatic hydroxyl groups is 1. The van der Waals surface area contributed by atoms with Crippen molar-refractivity contribution in [1.29, 1.82) is 0 Å².